The van der Waals surface area contributed by atoms with Crippen molar-refractivity contribution in [1.82, 2.24) is 15.0 Å². The monoisotopic (exact) mass is 391 g/mol. The largest absolute Gasteiger partial charge is 0.361 e. The van der Waals surface area contributed by atoms with E-state index in [0.29, 0.717) is 0 Å². The van der Waals surface area contributed by atoms with Gasteiger partial charge in [0, 0.05) is 62.6 Å². The molecule has 0 aliphatic rings. The fourth-order valence-electron chi connectivity index (χ4n) is 3.79. The predicted molar refractivity (Wildman–Crippen MR) is 112 cm³/mol. The molecule has 3 nitrogen and oxygen atoms in total. The van der Waals surface area contributed by atoms with Crippen molar-refractivity contribution < 1.29 is 0 Å². The molecule has 0 unspecified atom stereocenters. The first-order valence-corrected chi connectivity index (χ1v) is 9.39. The number of pyridine rings is 1. The van der Waals surface area contributed by atoms with E-state index >= 15 is 0 Å². The minimum atomic E-state index is 0.0208. The van der Waals surface area contributed by atoms with Crippen LogP contribution in [0.5, 0.6) is 0 Å². The van der Waals surface area contributed by atoms with Gasteiger partial charge in [0.2, 0.25) is 0 Å². The SMILES string of the molecule is Clc1ccc2[nH]cc(C(c3ccncc3)c3c[nH]c4ccc(Cl)cc34)c2c1. The highest BCUT2D eigenvalue weighted by atomic mass is 35.5. The lowest BCUT2D eigenvalue weighted by Gasteiger charge is -2.17. The fraction of sp³-hybridized carbons (Fsp3) is 0.0455. The average molecular weight is 392 g/mol. The molecule has 2 N–H and O–H groups in total. The number of rotatable bonds is 3. The molecule has 5 heteroatoms. The van der Waals surface area contributed by atoms with Crippen LogP contribution in [0.25, 0.3) is 21.8 Å². The molecule has 3 heterocycles. The van der Waals surface area contributed by atoms with Crippen LogP contribution in [0, 0.1) is 0 Å². The van der Waals surface area contributed by atoms with Gasteiger partial charge in [-0.15, -0.1) is 0 Å². The highest BCUT2D eigenvalue weighted by Crippen LogP contribution is 2.40. The summed E-state index contributed by atoms with van der Waals surface area (Å²) in [7, 11) is 0. The number of hydrogen-bond acceptors (Lipinski definition) is 1. The summed E-state index contributed by atoms with van der Waals surface area (Å²) in [5.74, 6) is 0.0208. The van der Waals surface area contributed by atoms with Crippen molar-refractivity contribution in [2.45, 2.75) is 5.92 Å². The zero-order valence-corrected chi connectivity index (χ0v) is 15.7. The number of nitrogens with zero attached hydrogens (tertiary/aromatic N) is 1. The molecule has 0 saturated carbocycles. The van der Waals surface area contributed by atoms with E-state index in [9.17, 15) is 0 Å². The fourth-order valence-corrected chi connectivity index (χ4v) is 4.13. The zero-order valence-electron chi connectivity index (χ0n) is 14.2. The molecule has 0 fully saturated rings. The van der Waals surface area contributed by atoms with Crippen LogP contribution in [-0.2, 0) is 0 Å². The molecule has 3 aromatic heterocycles. The third kappa shape index (κ3) is 2.80. The molecule has 0 saturated heterocycles. The first-order valence-electron chi connectivity index (χ1n) is 8.64. The Morgan fingerprint density at radius 2 is 1.22 bits per heavy atom. The Balaban J connectivity index is 1.81. The molecule has 0 radical (unpaired) electrons. The Kier molecular flexibility index (Phi) is 3.92. The van der Waals surface area contributed by atoms with Crippen LogP contribution in [-0.4, -0.2) is 15.0 Å². The Morgan fingerprint density at radius 1 is 0.704 bits per heavy atom. The lowest BCUT2D eigenvalue weighted by Crippen LogP contribution is -2.02. The van der Waals surface area contributed by atoms with Crippen LogP contribution in [0.2, 0.25) is 10.0 Å². The molecule has 2 aromatic carbocycles. The number of nitrogens with one attached hydrogen (secondary N) is 2. The molecule has 27 heavy (non-hydrogen) atoms. The van der Waals surface area contributed by atoms with Crippen molar-refractivity contribution in [2.75, 3.05) is 0 Å². The molecule has 5 rings (SSSR count). The Bertz CT molecular complexity index is 1170. The Morgan fingerprint density at radius 3 is 1.74 bits per heavy atom. The van der Waals surface area contributed by atoms with E-state index in [-0.39, 0.29) is 5.92 Å². The van der Waals surface area contributed by atoms with Crippen LogP contribution in [0.4, 0.5) is 0 Å². The van der Waals surface area contributed by atoms with Crippen molar-refractivity contribution in [3.05, 3.63) is 100 Å². The number of halogens is 2. The summed E-state index contributed by atoms with van der Waals surface area (Å²) in [5.41, 5.74) is 5.61. The van der Waals surface area contributed by atoms with Crippen LogP contribution in [0.3, 0.4) is 0 Å². The number of hydrogen-bond donors (Lipinski definition) is 2. The van der Waals surface area contributed by atoms with E-state index in [1.807, 2.05) is 48.8 Å². The Labute approximate surface area is 166 Å². The van der Waals surface area contributed by atoms with Gasteiger partial charge in [0.05, 0.1) is 0 Å². The second-order valence-corrected chi connectivity index (χ2v) is 7.45. The first kappa shape index (κ1) is 16.4. The van der Waals surface area contributed by atoms with E-state index in [1.165, 1.54) is 11.1 Å². The van der Waals surface area contributed by atoms with Crippen LogP contribution in [0.1, 0.15) is 22.6 Å². The summed E-state index contributed by atoms with van der Waals surface area (Å²) in [6.45, 7) is 0. The van der Waals surface area contributed by atoms with Gasteiger partial charge >= 0.3 is 0 Å². The number of benzene rings is 2. The van der Waals surface area contributed by atoms with Gasteiger partial charge in [0.1, 0.15) is 0 Å². The normalized spacial score (nSPS) is 11.7. The first-order chi connectivity index (χ1) is 13.2. The van der Waals surface area contributed by atoms with E-state index in [0.717, 1.165) is 37.4 Å². The topological polar surface area (TPSA) is 44.5 Å². The Hall–Kier alpha value is -2.75. The van der Waals surface area contributed by atoms with Gasteiger partial charge in [-0.3, -0.25) is 4.98 Å². The standard InChI is InChI=1S/C22H15Cl2N3/c23-14-1-3-20-16(9-14)18(11-26-20)22(13-5-7-25-8-6-13)19-12-27-21-4-2-15(24)10-17(19)21/h1-12,22,26-27H. The molecule has 0 atom stereocenters. The van der Waals surface area contributed by atoms with Crippen molar-refractivity contribution >= 4 is 45.0 Å². The average Bonchev–Trinajstić information content (AvgIpc) is 3.28. The van der Waals surface area contributed by atoms with Crippen LogP contribution in [0.15, 0.2) is 73.3 Å². The summed E-state index contributed by atoms with van der Waals surface area (Å²) < 4.78 is 0. The molecule has 0 amide bonds. The molecular formula is C22H15Cl2N3. The molecule has 0 bridgehead atoms. The number of aromatic nitrogens is 3. The van der Waals surface area contributed by atoms with Crippen LogP contribution < -0.4 is 0 Å². The lowest BCUT2D eigenvalue weighted by atomic mass is 9.85. The summed E-state index contributed by atoms with van der Waals surface area (Å²) in [6, 6.07) is 16.0. The van der Waals surface area contributed by atoms with Gasteiger partial charge in [-0.05, 0) is 65.2 Å². The molecule has 0 spiro atoms. The van der Waals surface area contributed by atoms with Gasteiger partial charge in [0.25, 0.3) is 0 Å². The van der Waals surface area contributed by atoms with Crippen molar-refractivity contribution in [2.24, 2.45) is 0 Å². The summed E-state index contributed by atoms with van der Waals surface area (Å²) in [6.07, 6.45) is 7.78. The minimum absolute atomic E-state index is 0.0208. The summed E-state index contributed by atoms with van der Waals surface area (Å²) in [5, 5.41) is 3.67. The molecule has 0 aliphatic carbocycles. The maximum Gasteiger partial charge on any atom is 0.0458 e. The highest BCUT2D eigenvalue weighted by Gasteiger charge is 2.23. The summed E-state index contributed by atoms with van der Waals surface area (Å²) in [4.78, 5) is 10.9. The zero-order chi connectivity index (χ0) is 18.4. The van der Waals surface area contributed by atoms with E-state index < -0.39 is 0 Å². The van der Waals surface area contributed by atoms with Gasteiger partial charge < -0.3 is 9.97 Å². The van der Waals surface area contributed by atoms with Crippen molar-refractivity contribution in [3.63, 3.8) is 0 Å². The van der Waals surface area contributed by atoms with Crippen LogP contribution >= 0.6 is 23.2 Å². The third-order valence-corrected chi connectivity index (χ3v) is 5.48. The number of fused-ring (bicyclic) bond motifs is 2. The molecular weight excluding hydrogens is 377 g/mol. The summed E-state index contributed by atoms with van der Waals surface area (Å²) >= 11 is 12.6. The van der Waals surface area contributed by atoms with Gasteiger partial charge in [-0.2, -0.15) is 0 Å². The van der Waals surface area contributed by atoms with Crippen molar-refractivity contribution in [1.29, 1.82) is 0 Å². The van der Waals surface area contributed by atoms with E-state index in [4.69, 9.17) is 23.2 Å². The van der Waals surface area contributed by atoms with Gasteiger partial charge in [0.15, 0.2) is 0 Å². The predicted octanol–water partition coefficient (Wildman–Crippen LogP) is 6.53. The maximum absolute atomic E-state index is 6.29. The number of aromatic amines is 2. The minimum Gasteiger partial charge on any atom is -0.361 e. The number of H-pyrrole nitrogens is 2. The molecule has 0 aliphatic heterocycles. The van der Waals surface area contributed by atoms with E-state index in [1.54, 1.807) is 0 Å². The quantitative estimate of drug-likeness (QED) is 0.360. The maximum atomic E-state index is 6.29. The lowest BCUT2D eigenvalue weighted by molar-refractivity contribution is 0.990. The van der Waals surface area contributed by atoms with E-state index in [2.05, 4.69) is 39.5 Å². The smallest absolute Gasteiger partial charge is 0.0458 e. The second kappa shape index (κ2) is 6.45. The highest BCUT2D eigenvalue weighted by molar-refractivity contribution is 6.31. The molecule has 5 aromatic rings. The molecule has 132 valence electrons. The van der Waals surface area contributed by atoms with Crippen molar-refractivity contribution in [3.8, 4) is 0 Å². The van der Waals surface area contributed by atoms with Gasteiger partial charge in [-0.1, -0.05) is 23.2 Å². The third-order valence-electron chi connectivity index (χ3n) is 5.01. The second-order valence-electron chi connectivity index (χ2n) is 6.58. The van der Waals surface area contributed by atoms with Gasteiger partial charge in [-0.25, -0.2) is 0 Å².